The number of carbonyl (C=O) groups is 1. The predicted molar refractivity (Wildman–Crippen MR) is 141 cm³/mol. The van der Waals surface area contributed by atoms with E-state index in [1.54, 1.807) is 36.4 Å². The Labute approximate surface area is 228 Å². The van der Waals surface area contributed by atoms with Crippen molar-refractivity contribution in [1.29, 1.82) is 0 Å². The van der Waals surface area contributed by atoms with E-state index in [9.17, 15) is 18.0 Å². The molecule has 40 heavy (non-hydrogen) atoms. The van der Waals surface area contributed by atoms with E-state index in [2.05, 4.69) is 25.3 Å². The smallest absolute Gasteiger partial charge is 0.433 e. The van der Waals surface area contributed by atoms with Crippen LogP contribution >= 0.6 is 0 Å². The van der Waals surface area contributed by atoms with Gasteiger partial charge in [0, 0.05) is 43.2 Å². The molecule has 3 aromatic heterocycles. The Balaban J connectivity index is 1.22. The van der Waals surface area contributed by atoms with Gasteiger partial charge in [-0.1, -0.05) is 6.07 Å². The molecule has 0 aliphatic carbocycles. The van der Waals surface area contributed by atoms with Crippen LogP contribution in [0.2, 0.25) is 0 Å². The van der Waals surface area contributed by atoms with E-state index in [0.717, 1.165) is 50.0 Å². The summed E-state index contributed by atoms with van der Waals surface area (Å²) in [4.78, 5) is 23.2. The topological polar surface area (TPSA) is 94.4 Å². The maximum Gasteiger partial charge on any atom is 0.433 e. The van der Waals surface area contributed by atoms with Crippen molar-refractivity contribution in [2.45, 2.75) is 12.6 Å². The number of aromatic nitrogens is 4. The Morgan fingerprint density at radius 3 is 2.62 bits per heavy atom. The number of ether oxygens (including phenoxy) is 2. The monoisotopic (exact) mass is 552 g/mol. The number of nitrogens with one attached hydrogen (secondary N) is 1. The number of rotatable bonds is 9. The number of carbonyl (C=O) groups excluding carboxylic acids is 1. The molecule has 5 rings (SSSR count). The fourth-order valence-corrected chi connectivity index (χ4v) is 4.23. The Morgan fingerprint density at radius 2 is 1.90 bits per heavy atom. The van der Waals surface area contributed by atoms with Gasteiger partial charge in [0.15, 0.2) is 11.5 Å². The van der Waals surface area contributed by atoms with Crippen molar-refractivity contribution in [3.63, 3.8) is 0 Å². The van der Waals surface area contributed by atoms with Gasteiger partial charge in [-0.25, -0.2) is 9.67 Å². The Morgan fingerprint density at radius 1 is 1.05 bits per heavy atom. The summed E-state index contributed by atoms with van der Waals surface area (Å²) in [5.41, 5.74) is 0.278. The number of hydrogen-bond acceptors (Lipinski definition) is 7. The van der Waals surface area contributed by atoms with Gasteiger partial charge in [0.1, 0.15) is 5.75 Å². The summed E-state index contributed by atoms with van der Waals surface area (Å²) in [7, 11) is 0. The van der Waals surface area contributed by atoms with Crippen LogP contribution in [0.15, 0.2) is 73.2 Å². The van der Waals surface area contributed by atoms with Gasteiger partial charge in [-0.3, -0.25) is 14.7 Å². The van der Waals surface area contributed by atoms with Gasteiger partial charge >= 0.3 is 6.18 Å². The zero-order chi connectivity index (χ0) is 28.0. The third kappa shape index (κ3) is 6.82. The number of morpholine rings is 1. The number of amides is 1. The molecule has 1 amide bonds. The molecule has 12 heteroatoms. The Kier molecular flexibility index (Phi) is 8.37. The zero-order valence-corrected chi connectivity index (χ0v) is 21.5. The maximum atomic E-state index is 13.7. The van der Waals surface area contributed by atoms with Gasteiger partial charge in [-0.2, -0.15) is 18.3 Å². The van der Waals surface area contributed by atoms with Gasteiger partial charge in [0.25, 0.3) is 5.91 Å². The van der Waals surface area contributed by atoms with E-state index in [1.165, 1.54) is 30.7 Å². The number of nitrogens with zero attached hydrogens (tertiary/aromatic N) is 5. The van der Waals surface area contributed by atoms with Gasteiger partial charge in [0.05, 0.1) is 37.4 Å². The minimum atomic E-state index is -4.66. The zero-order valence-electron chi connectivity index (χ0n) is 21.5. The first kappa shape index (κ1) is 27.3. The molecule has 1 aromatic carbocycles. The van der Waals surface area contributed by atoms with Crippen LogP contribution in [0.25, 0.3) is 17.1 Å². The molecular weight excluding hydrogens is 525 g/mol. The minimum absolute atomic E-state index is 0.0482. The average molecular weight is 553 g/mol. The maximum absolute atomic E-state index is 13.7. The lowest BCUT2D eigenvalue weighted by molar-refractivity contribution is -0.142. The second-order valence-corrected chi connectivity index (χ2v) is 9.11. The normalized spacial score (nSPS) is 14.2. The molecular formula is C28H27F3N6O3. The number of halogens is 3. The summed E-state index contributed by atoms with van der Waals surface area (Å²) in [5, 5.41) is 6.82. The number of hydrogen-bond donors (Lipinski definition) is 1. The van der Waals surface area contributed by atoms with E-state index >= 15 is 0 Å². The van der Waals surface area contributed by atoms with Crippen LogP contribution in [0.5, 0.6) is 5.75 Å². The van der Waals surface area contributed by atoms with Gasteiger partial charge in [-0.15, -0.1) is 0 Å². The molecule has 0 unspecified atom stereocenters. The number of benzene rings is 1. The predicted octanol–water partition coefficient (Wildman–Crippen LogP) is 4.70. The van der Waals surface area contributed by atoms with Crippen LogP contribution < -0.4 is 10.1 Å². The summed E-state index contributed by atoms with van der Waals surface area (Å²) in [6.45, 7) is 4.78. The molecule has 1 aliphatic heterocycles. The van der Waals surface area contributed by atoms with Gasteiger partial charge in [-0.05, 0) is 55.0 Å². The molecule has 9 nitrogen and oxygen atoms in total. The lowest BCUT2D eigenvalue weighted by Crippen LogP contribution is -2.37. The number of pyridine rings is 2. The van der Waals surface area contributed by atoms with Crippen LogP contribution in [0, 0.1) is 0 Å². The van der Waals surface area contributed by atoms with Crippen molar-refractivity contribution in [2.24, 2.45) is 0 Å². The standard InChI is InChI=1S/C28H27F3N6O3/c29-28(30,31)25-17-24(21-5-2-9-32-18-21)35-37(25)26-8-7-22(19-33-26)34-27(38)20-4-1-6-23(16-20)40-13-3-10-36-11-14-39-15-12-36/h1-2,4-9,16-19H,3,10-15H2,(H,34,38). The van der Waals surface area contributed by atoms with Crippen molar-refractivity contribution < 1.29 is 27.4 Å². The van der Waals surface area contributed by atoms with Crippen LogP contribution in [-0.2, 0) is 10.9 Å². The molecule has 1 saturated heterocycles. The van der Waals surface area contributed by atoms with Crippen molar-refractivity contribution >= 4 is 11.6 Å². The molecule has 1 fully saturated rings. The number of anilines is 1. The molecule has 4 heterocycles. The molecule has 1 aliphatic rings. The summed E-state index contributed by atoms with van der Waals surface area (Å²) in [5.74, 6) is 0.126. The highest BCUT2D eigenvalue weighted by atomic mass is 19.4. The first-order valence-electron chi connectivity index (χ1n) is 12.8. The summed E-state index contributed by atoms with van der Waals surface area (Å²) >= 11 is 0. The molecule has 0 spiro atoms. The average Bonchev–Trinajstić information content (AvgIpc) is 3.44. The highest BCUT2D eigenvalue weighted by Gasteiger charge is 2.36. The first-order chi connectivity index (χ1) is 19.4. The molecule has 0 atom stereocenters. The molecule has 1 N–H and O–H groups in total. The van der Waals surface area contributed by atoms with Gasteiger partial charge < -0.3 is 14.8 Å². The number of alkyl halides is 3. The highest BCUT2D eigenvalue weighted by molar-refractivity contribution is 6.04. The third-order valence-corrected chi connectivity index (χ3v) is 6.27. The van der Waals surface area contributed by atoms with E-state index in [0.29, 0.717) is 29.2 Å². The lowest BCUT2D eigenvalue weighted by atomic mass is 10.2. The van der Waals surface area contributed by atoms with Crippen LogP contribution in [-0.4, -0.2) is 70.0 Å². The van der Waals surface area contributed by atoms with Crippen LogP contribution in [0.3, 0.4) is 0 Å². The molecule has 4 aromatic rings. The minimum Gasteiger partial charge on any atom is -0.494 e. The van der Waals surface area contributed by atoms with Crippen LogP contribution in [0.4, 0.5) is 18.9 Å². The van der Waals surface area contributed by atoms with E-state index in [-0.39, 0.29) is 11.5 Å². The second kappa shape index (κ2) is 12.3. The van der Waals surface area contributed by atoms with E-state index in [1.807, 2.05) is 0 Å². The lowest BCUT2D eigenvalue weighted by Gasteiger charge is -2.26. The summed E-state index contributed by atoms with van der Waals surface area (Å²) < 4.78 is 53.1. The first-order valence-corrected chi connectivity index (χ1v) is 12.8. The molecule has 0 radical (unpaired) electrons. The fourth-order valence-electron chi connectivity index (χ4n) is 4.23. The largest absolute Gasteiger partial charge is 0.494 e. The van der Waals surface area contributed by atoms with Crippen LogP contribution in [0.1, 0.15) is 22.5 Å². The van der Waals surface area contributed by atoms with E-state index < -0.39 is 17.8 Å². The summed E-state index contributed by atoms with van der Waals surface area (Å²) in [6.07, 6.45) is 0.439. The molecule has 208 valence electrons. The highest BCUT2D eigenvalue weighted by Crippen LogP contribution is 2.33. The molecule has 0 saturated carbocycles. The van der Waals surface area contributed by atoms with Crippen molar-refractivity contribution in [3.05, 3.63) is 84.4 Å². The Bertz CT molecular complexity index is 1420. The fraction of sp³-hybridized carbons (Fsp3) is 0.286. The van der Waals surface area contributed by atoms with E-state index in [4.69, 9.17) is 9.47 Å². The second-order valence-electron chi connectivity index (χ2n) is 9.11. The molecule has 0 bridgehead atoms. The quantitative estimate of drug-likeness (QED) is 0.301. The van der Waals surface area contributed by atoms with Gasteiger partial charge in [0.2, 0.25) is 0 Å². The SMILES string of the molecule is O=C(Nc1ccc(-n2nc(-c3cccnc3)cc2C(F)(F)F)nc1)c1cccc(OCCCN2CCOCC2)c1. The Hall–Kier alpha value is -4.29. The van der Waals surface area contributed by atoms with Crippen molar-refractivity contribution in [1.82, 2.24) is 24.6 Å². The summed E-state index contributed by atoms with van der Waals surface area (Å²) in [6, 6.07) is 13.8. The van der Waals surface area contributed by atoms with Crippen molar-refractivity contribution in [3.8, 4) is 22.8 Å². The third-order valence-electron chi connectivity index (χ3n) is 6.27. The van der Waals surface area contributed by atoms with Crippen molar-refractivity contribution in [2.75, 3.05) is 44.8 Å².